The first-order valence-electron chi connectivity index (χ1n) is 5.69. The fourth-order valence-corrected chi connectivity index (χ4v) is 2.32. The van der Waals surface area contributed by atoms with Crippen molar-refractivity contribution < 1.29 is 13.5 Å². The smallest absolute Gasteiger partial charge is 0.198 e. The van der Waals surface area contributed by atoms with Gasteiger partial charge in [-0.15, -0.1) is 0 Å². The average Bonchev–Trinajstić information content (AvgIpc) is 2.36. The molecule has 0 saturated carbocycles. The lowest BCUT2D eigenvalue weighted by molar-refractivity contribution is 0.108. The maximum absolute atomic E-state index is 14.0. The topological polar surface area (TPSA) is 42.1 Å². The Kier molecular flexibility index (Phi) is 2.45. The standard InChI is InChI=1S/C13H11F2NO2/c1-6-4-8(14)12-10(11(6)15)13(17)7-5-18-3-2-9(7)16-12/h4H,2-3,5H2,1H3,(H,16,17). The number of hydrogen-bond donors (Lipinski definition) is 1. The van der Waals surface area contributed by atoms with E-state index in [1.54, 1.807) is 0 Å². The fraction of sp³-hybridized carbons (Fsp3) is 0.308. The van der Waals surface area contributed by atoms with Gasteiger partial charge in [0.05, 0.1) is 24.1 Å². The van der Waals surface area contributed by atoms with Gasteiger partial charge in [0, 0.05) is 17.7 Å². The van der Waals surface area contributed by atoms with E-state index >= 15 is 0 Å². The molecule has 0 atom stereocenters. The summed E-state index contributed by atoms with van der Waals surface area (Å²) in [7, 11) is 0. The van der Waals surface area contributed by atoms with Crippen molar-refractivity contribution in [1.29, 1.82) is 0 Å². The molecule has 18 heavy (non-hydrogen) atoms. The number of rotatable bonds is 0. The van der Waals surface area contributed by atoms with Gasteiger partial charge in [0.1, 0.15) is 11.6 Å². The van der Waals surface area contributed by atoms with Gasteiger partial charge in [0.25, 0.3) is 0 Å². The highest BCUT2D eigenvalue weighted by atomic mass is 19.1. The lowest BCUT2D eigenvalue weighted by Crippen LogP contribution is -2.23. The predicted octanol–water partition coefficient (Wildman–Crippen LogP) is 2.19. The van der Waals surface area contributed by atoms with Crippen LogP contribution >= 0.6 is 0 Å². The Morgan fingerprint density at radius 2 is 2.17 bits per heavy atom. The van der Waals surface area contributed by atoms with Crippen LogP contribution in [0.15, 0.2) is 10.9 Å². The molecule has 3 rings (SSSR count). The highest BCUT2D eigenvalue weighted by Gasteiger charge is 2.21. The third-order valence-electron chi connectivity index (χ3n) is 3.28. The lowest BCUT2D eigenvalue weighted by Gasteiger charge is -2.17. The molecule has 94 valence electrons. The molecule has 0 radical (unpaired) electrons. The normalized spacial score (nSPS) is 14.8. The van der Waals surface area contributed by atoms with Crippen LogP contribution in [0, 0.1) is 18.6 Å². The Labute approximate surface area is 101 Å². The largest absolute Gasteiger partial charge is 0.376 e. The Bertz CT molecular complexity index is 706. The summed E-state index contributed by atoms with van der Waals surface area (Å²) in [5.74, 6) is -1.27. The summed E-state index contributed by atoms with van der Waals surface area (Å²) in [5.41, 5.74) is 0.642. The van der Waals surface area contributed by atoms with E-state index in [1.165, 1.54) is 6.92 Å². The Morgan fingerprint density at radius 3 is 2.94 bits per heavy atom. The first kappa shape index (κ1) is 11.3. The maximum atomic E-state index is 14.0. The Balaban J connectivity index is 2.50. The van der Waals surface area contributed by atoms with Crippen LogP contribution in [-0.2, 0) is 17.8 Å². The summed E-state index contributed by atoms with van der Waals surface area (Å²) >= 11 is 0. The number of nitrogens with one attached hydrogen (secondary N) is 1. The molecule has 1 aliphatic rings. The van der Waals surface area contributed by atoms with Crippen molar-refractivity contribution in [2.75, 3.05) is 6.61 Å². The van der Waals surface area contributed by atoms with E-state index in [9.17, 15) is 13.6 Å². The van der Waals surface area contributed by atoms with Crippen molar-refractivity contribution in [2.45, 2.75) is 20.0 Å². The monoisotopic (exact) mass is 251 g/mol. The number of fused-ring (bicyclic) bond motifs is 2. The van der Waals surface area contributed by atoms with Crippen LogP contribution in [0.3, 0.4) is 0 Å². The van der Waals surface area contributed by atoms with E-state index in [0.29, 0.717) is 24.3 Å². The van der Waals surface area contributed by atoms with Gasteiger partial charge in [-0.05, 0) is 18.6 Å². The van der Waals surface area contributed by atoms with Crippen LogP contribution in [0.2, 0.25) is 0 Å². The number of benzene rings is 1. The molecule has 2 heterocycles. The zero-order chi connectivity index (χ0) is 12.9. The Hall–Kier alpha value is -1.75. The molecule has 5 heteroatoms. The van der Waals surface area contributed by atoms with Crippen LogP contribution in [-0.4, -0.2) is 11.6 Å². The lowest BCUT2D eigenvalue weighted by atomic mass is 10.0. The summed E-state index contributed by atoms with van der Waals surface area (Å²) < 4.78 is 33.0. The van der Waals surface area contributed by atoms with Gasteiger partial charge in [0.2, 0.25) is 0 Å². The maximum Gasteiger partial charge on any atom is 0.198 e. The van der Waals surface area contributed by atoms with Crippen molar-refractivity contribution in [3.63, 3.8) is 0 Å². The quantitative estimate of drug-likeness (QED) is 0.779. The molecule has 3 nitrogen and oxygen atoms in total. The van der Waals surface area contributed by atoms with Crippen molar-refractivity contribution >= 4 is 10.9 Å². The van der Waals surface area contributed by atoms with Crippen LogP contribution in [0.5, 0.6) is 0 Å². The number of ether oxygens (including phenoxy) is 1. The highest BCUT2D eigenvalue weighted by Crippen LogP contribution is 2.23. The van der Waals surface area contributed by atoms with Crippen LogP contribution in [0.25, 0.3) is 10.9 Å². The molecule has 0 aliphatic carbocycles. The molecule has 0 saturated heterocycles. The number of aromatic amines is 1. The number of H-pyrrole nitrogens is 1. The van der Waals surface area contributed by atoms with Crippen LogP contribution in [0.4, 0.5) is 8.78 Å². The number of pyridine rings is 1. The van der Waals surface area contributed by atoms with Crippen molar-refractivity contribution in [3.8, 4) is 0 Å². The first-order valence-corrected chi connectivity index (χ1v) is 5.69. The fourth-order valence-electron chi connectivity index (χ4n) is 2.32. The van der Waals surface area contributed by atoms with Crippen molar-refractivity contribution in [3.05, 3.63) is 44.7 Å². The van der Waals surface area contributed by atoms with Crippen LogP contribution < -0.4 is 5.43 Å². The molecule has 0 bridgehead atoms. The predicted molar refractivity (Wildman–Crippen MR) is 62.6 cm³/mol. The highest BCUT2D eigenvalue weighted by molar-refractivity contribution is 5.81. The summed E-state index contributed by atoms with van der Waals surface area (Å²) in [6.45, 7) is 2.06. The summed E-state index contributed by atoms with van der Waals surface area (Å²) in [4.78, 5) is 15.0. The van der Waals surface area contributed by atoms with Gasteiger partial charge >= 0.3 is 0 Å². The second kappa shape index (κ2) is 3.88. The Morgan fingerprint density at radius 1 is 1.39 bits per heavy atom. The molecule has 0 fully saturated rings. The molecular formula is C13H11F2NO2. The van der Waals surface area contributed by atoms with Gasteiger partial charge in [-0.3, -0.25) is 4.79 Å². The molecular weight excluding hydrogens is 240 g/mol. The van der Waals surface area contributed by atoms with Crippen LogP contribution in [0.1, 0.15) is 16.8 Å². The van der Waals surface area contributed by atoms with E-state index < -0.39 is 17.1 Å². The van der Waals surface area contributed by atoms with E-state index in [2.05, 4.69) is 4.98 Å². The second-order valence-corrected chi connectivity index (χ2v) is 4.45. The number of hydrogen-bond acceptors (Lipinski definition) is 2. The molecule has 0 amide bonds. The number of aromatic nitrogens is 1. The number of aryl methyl sites for hydroxylation is 1. The number of halogens is 2. The molecule has 0 unspecified atom stereocenters. The molecule has 0 spiro atoms. The average molecular weight is 251 g/mol. The zero-order valence-corrected chi connectivity index (χ0v) is 9.77. The van der Waals surface area contributed by atoms with Gasteiger partial charge in [-0.25, -0.2) is 8.78 Å². The van der Waals surface area contributed by atoms with E-state index in [0.717, 1.165) is 6.07 Å². The SMILES string of the molecule is Cc1cc(F)c2[nH]c3c(c(=O)c2c1F)COCC3. The molecule has 1 aromatic carbocycles. The minimum Gasteiger partial charge on any atom is -0.376 e. The van der Waals surface area contributed by atoms with Gasteiger partial charge in [-0.1, -0.05) is 0 Å². The van der Waals surface area contributed by atoms with E-state index in [4.69, 9.17) is 4.74 Å². The second-order valence-electron chi connectivity index (χ2n) is 4.45. The minimum atomic E-state index is -0.666. The third kappa shape index (κ3) is 1.47. The third-order valence-corrected chi connectivity index (χ3v) is 3.28. The zero-order valence-electron chi connectivity index (χ0n) is 9.77. The summed E-state index contributed by atoms with van der Waals surface area (Å²) in [5, 5.41) is -0.211. The molecule has 1 N–H and O–H groups in total. The molecule has 1 aliphatic heterocycles. The van der Waals surface area contributed by atoms with Gasteiger partial charge in [0.15, 0.2) is 5.43 Å². The van der Waals surface area contributed by atoms with Crippen molar-refractivity contribution in [1.82, 2.24) is 4.98 Å². The van der Waals surface area contributed by atoms with Gasteiger partial charge in [-0.2, -0.15) is 0 Å². The van der Waals surface area contributed by atoms with Gasteiger partial charge < -0.3 is 9.72 Å². The van der Waals surface area contributed by atoms with Crippen molar-refractivity contribution in [2.24, 2.45) is 0 Å². The van der Waals surface area contributed by atoms with E-state index in [1.807, 2.05) is 0 Å². The molecule has 1 aromatic heterocycles. The minimum absolute atomic E-state index is 0.0521. The van der Waals surface area contributed by atoms with E-state index in [-0.39, 0.29) is 23.1 Å². The molecule has 2 aromatic rings. The first-order chi connectivity index (χ1) is 8.59. The summed E-state index contributed by atoms with van der Waals surface area (Å²) in [6.07, 6.45) is 0.509. The summed E-state index contributed by atoms with van der Waals surface area (Å²) in [6, 6.07) is 1.10.